The van der Waals surface area contributed by atoms with Gasteiger partial charge >= 0.3 is 11.9 Å². The first-order valence-electron chi connectivity index (χ1n) is 17.7. The van der Waals surface area contributed by atoms with E-state index in [0.29, 0.717) is 18.8 Å². The van der Waals surface area contributed by atoms with Crippen LogP contribution in [0.3, 0.4) is 0 Å². The Morgan fingerprint density at radius 3 is 2.06 bits per heavy atom. The molecule has 0 aromatic heterocycles. The Morgan fingerprint density at radius 2 is 1.45 bits per heavy atom. The fourth-order valence-electron chi connectivity index (χ4n) is 10.7. The zero-order valence-corrected chi connectivity index (χ0v) is 29.2. The van der Waals surface area contributed by atoms with Crippen LogP contribution in [0.1, 0.15) is 118 Å². The summed E-state index contributed by atoms with van der Waals surface area (Å²) >= 11 is 0. The molecule has 0 amide bonds. The van der Waals surface area contributed by atoms with Gasteiger partial charge < -0.3 is 25.5 Å². The Bertz CT molecular complexity index is 1750. The Labute approximate surface area is 288 Å². The topological polar surface area (TPSA) is 152 Å². The number of allylic oxidation sites excluding steroid dienone is 3. The molecule has 49 heavy (non-hydrogen) atoms. The van der Waals surface area contributed by atoms with Gasteiger partial charge in [-0.3, -0.25) is 4.79 Å². The van der Waals surface area contributed by atoms with Crippen molar-refractivity contribution in [1.29, 1.82) is 0 Å². The van der Waals surface area contributed by atoms with Crippen molar-refractivity contribution in [2.75, 3.05) is 0 Å². The lowest BCUT2D eigenvalue weighted by atomic mass is 9.43. The van der Waals surface area contributed by atoms with Crippen molar-refractivity contribution in [3.63, 3.8) is 0 Å². The first kappa shape index (κ1) is 35.2. The van der Waals surface area contributed by atoms with Crippen LogP contribution in [0.4, 0.5) is 0 Å². The summed E-state index contributed by atoms with van der Waals surface area (Å²) in [5.41, 5.74) is -3.71. The molecule has 0 bridgehead atoms. The predicted molar refractivity (Wildman–Crippen MR) is 185 cm³/mol. The lowest BCUT2D eigenvalue weighted by Gasteiger charge is -2.62. The van der Waals surface area contributed by atoms with Gasteiger partial charge in [0.15, 0.2) is 5.78 Å². The molecule has 0 unspecified atom stereocenters. The highest BCUT2D eigenvalue weighted by Gasteiger charge is 2.66. The molecule has 0 radical (unpaired) electrons. The van der Waals surface area contributed by atoms with E-state index in [2.05, 4.69) is 19.9 Å². The maximum Gasteiger partial charge on any atom is 0.336 e. The molecule has 4 aliphatic rings. The lowest BCUT2D eigenvalue weighted by molar-refractivity contribution is -0.176. The van der Waals surface area contributed by atoms with Crippen LogP contribution >= 0.6 is 0 Å². The van der Waals surface area contributed by atoms with Crippen LogP contribution < -0.4 is 0 Å². The number of aromatic carboxylic acids is 2. The van der Waals surface area contributed by atoms with Crippen LogP contribution in [-0.4, -0.2) is 48.9 Å². The van der Waals surface area contributed by atoms with E-state index >= 15 is 0 Å². The molecule has 0 heterocycles. The van der Waals surface area contributed by atoms with Crippen LogP contribution in [0.5, 0.6) is 0 Å². The first-order chi connectivity index (χ1) is 22.9. The summed E-state index contributed by atoms with van der Waals surface area (Å²) in [4.78, 5) is 37.6. The van der Waals surface area contributed by atoms with Gasteiger partial charge in [0.25, 0.3) is 0 Å². The van der Waals surface area contributed by atoms with E-state index in [0.717, 1.165) is 31.3 Å². The molecule has 3 saturated carbocycles. The second-order valence-corrected chi connectivity index (χ2v) is 16.3. The molecule has 2 aromatic carbocycles. The highest BCUT2D eigenvalue weighted by atomic mass is 16.4. The first-order valence-corrected chi connectivity index (χ1v) is 17.7. The van der Waals surface area contributed by atoms with Gasteiger partial charge in [-0.05, 0) is 98.3 Å². The number of carbonyl (C=O) groups excluding carboxylic acids is 1. The third-order valence-electron chi connectivity index (χ3n) is 13.4. The van der Waals surface area contributed by atoms with E-state index in [1.165, 1.54) is 17.7 Å². The third kappa shape index (κ3) is 5.42. The van der Waals surface area contributed by atoms with E-state index in [1.54, 1.807) is 50.2 Å². The van der Waals surface area contributed by atoms with Crippen LogP contribution in [0, 0.1) is 34.5 Å². The van der Waals surface area contributed by atoms with Gasteiger partial charge in [0.1, 0.15) is 11.2 Å². The van der Waals surface area contributed by atoms with Crippen LogP contribution in [-0.2, 0) is 16.0 Å². The monoisotopic (exact) mass is 670 g/mol. The molecule has 6 rings (SSSR count). The Balaban J connectivity index is 1.44. The van der Waals surface area contributed by atoms with Gasteiger partial charge in [-0.1, -0.05) is 80.5 Å². The smallest absolute Gasteiger partial charge is 0.336 e. The van der Waals surface area contributed by atoms with E-state index in [1.807, 2.05) is 13.0 Å². The Kier molecular flexibility index (Phi) is 8.65. The minimum absolute atomic E-state index is 0.0336. The Hall–Kier alpha value is -3.59. The summed E-state index contributed by atoms with van der Waals surface area (Å²) in [6.07, 6.45) is 8.64. The number of aliphatic hydroxyl groups is 3. The van der Waals surface area contributed by atoms with Crippen molar-refractivity contribution in [3.8, 4) is 0 Å². The normalized spacial score (nSPS) is 34.5. The maximum atomic E-state index is 13.3. The largest absolute Gasteiger partial charge is 0.478 e. The molecule has 2 aromatic rings. The van der Waals surface area contributed by atoms with Crippen molar-refractivity contribution in [2.45, 2.75) is 103 Å². The zero-order chi connectivity index (χ0) is 35.7. The summed E-state index contributed by atoms with van der Waals surface area (Å²) in [7, 11) is 0. The molecular weight excluding hydrogens is 620 g/mol. The van der Waals surface area contributed by atoms with Gasteiger partial charge in [0.05, 0.1) is 16.7 Å². The minimum Gasteiger partial charge on any atom is -0.478 e. The fourth-order valence-corrected chi connectivity index (χ4v) is 10.7. The number of carbonyl (C=O) groups is 3. The number of Topliss-reactive ketones (excluding diaryl/α,β-unsaturated/α-hetero) is 1. The molecule has 262 valence electrons. The average molecular weight is 671 g/mol. The summed E-state index contributed by atoms with van der Waals surface area (Å²) in [6.45, 7) is 9.67. The molecule has 0 aliphatic heterocycles. The van der Waals surface area contributed by atoms with Crippen molar-refractivity contribution in [1.82, 2.24) is 0 Å². The van der Waals surface area contributed by atoms with Gasteiger partial charge in [-0.25, -0.2) is 9.59 Å². The van der Waals surface area contributed by atoms with Crippen molar-refractivity contribution in [2.24, 2.45) is 34.5 Å². The SMILES string of the molecule is C[C@H](CCC(=O)C(C)(C)O)[C@H]1CC[C@H]2C3=CC=C4C[C@](O)(c5ccccc5C(=O)O)C[C@@](O)(c5ccccc5C(=O)O)[C@]4(C)[C@H]3CC[C@]12C. The molecule has 8 heteroatoms. The van der Waals surface area contributed by atoms with Gasteiger partial charge in [0, 0.05) is 24.7 Å². The van der Waals surface area contributed by atoms with Gasteiger partial charge in [-0.2, -0.15) is 0 Å². The number of hydrogen-bond acceptors (Lipinski definition) is 6. The fraction of sp³-hybridized carbons (Fsp3) is 0.537. The van der Waals surface area contributed by atoms with E-state index in [9.17, 15) is 39.9 Å². The van der Waals surface area contributed by atoms with Gasteiger partial charge in [-0.15, -0.1) is 0 Å². The van der Waals surface area contributed by atoms with E-state index in [-0.39, 0.29) is 64.0 Å². The molecule has 3 fully saturated rings. The molecule has 0 saturated heterocycles. The standard InChI is InChI=1S/C41H50O8/c1-24(14-19-34(42)37(2,3)47)29-17-18-30-26-16-15-25-22-40(48,32-12-8-6-10-27(32)35(43)44)23-41(49,33-13-9-7-11-28(33)36(45)46)39(25,5)31(26)20-21-38(29,30)4/h6-13,15-16,24,29-31,47-49H,14,17-23H2,1-5H3,(H,43,44)(H,45,46)/t24-,29-,30+,31+,38-,39+,40-,41-/m1/s1. The van der Waals surface area contributed by atoms with Crippen molar-refractivity contribution in [3.05, 3.63) is 94.1 Å². The predicted octanol–water partition coefficient (Wildman–Crippen LogP) is 7.02. The number of carboxylic acid groups (broad SMARTS) is 2. The van der Waals surface area contributed by atoms with Crippen molar-refractivity contribution >= 4 is 17.7 Å². The number of ketones is 1. The number of carboxylic acids is 2. The summed E-state index contributed by atoms with van der Waals surface area (Å²) in [6, 6.07) is 12.7. The van der Waals surface area contributed by atoms with Crippen LogP contribution in [0.15, 0.2) is 71.8 Å². The average Bonchev–Trinajstić information content (AvgIpc) is 3.41. The second-order valence-electron chi connectivity index (χ2n) is 16.3. The molecule has 0 spiro atoms. The number of fused-ring (bicyclic) bond motifs is 5. The molecular formula is C41H50O8. The lowest BCUT2D eigenvalue weighted by Crippen LogP contribution is -2.60. The maximum absolute atomic E-state index is 13.3. The van der Waals surface area contributed by atoms with E-state index < -0.39 is 34.2 Å². The zero-order valence-electron chi connectivity index (χ0n) is 29.2. The highest BCUT2D eigenvalue weighted by molar-refractivity contribution is 5.91. The minimum atomic E-state index is -1.87. The highest BCUT2D eigenvalue weighted by Crippen LogP contribution is 2.71. The second kappa shape index (κ2) is 12.0. The third-order valence-corrected chi connectivity index (χ3v) is 13.4. The summed E-state index contributed by atoms with van der Waals surface area (Å²) in [5, 5.41) is 56.4. The summed E-state index contributed by atoms with van der Waals surface area (Å²) in [5.74, 6) is -1.77. The Morgan fingerprint density at radius 1 is 0.857 bits per heavy atom. The summed E-state index contributed by atoms with van der Waals surface area (Å²) < 4.78 is 0. The van der Waals surface area contributed by atoms with Crippen LogP contribution in [0.25, 0.3) is 0 Å². The number of rotatable bonds is 9. The van der Waals surface area contributed by atoms with Gasteiger partial charge in [0.2, 0.25) is 0 Å². The number of benzene rings is 2. The molecule has 8 atom stereocenters. The van der Waals surface area contributed by atoms with Crippen LogP contribution in [0.2, 0.25) is 0 Å². The molecule has 4 aliphatic carbocycles. The number of hydrogen-bond donors (Lipinski definition) is 5. The molecule has 5 N–H and O–H groups in total. The molecule has 8 nitrogen and oxygen atoms in total. The quantitative estimate of drug-likeness (QED) is 0.191. The van der Waals surface area contributed by atoms with E-state index in [4.69, 9.17) is 0 Å². The van der Waals surface area contributed by atoms with Crippen molar-refractivity contribution < 1.29 is 39.9 Å².